The van der Waals surface area contributed by atoms with Gasteiger partial charge in [0.25, 0.3) is 0 Å². The maximum absolute atomic E-state index is 12.9. The lowest BCUT2D eigenvalue weighted by molar-refractivity contribution is -0.147. The Labute approximate surface area is 358 Å². The molecule has 348 valence electrons. The summed E-state index contributed by atoms with van der Waals surface area (Å²) < 4.78 is 0. The van der Waals surface area contributed by atoms with E-state index < -0.39 is 156 Å². The number of likely N-dealkylation sites (N-methyl/N-ethyl adjacent to an activating group) is 10. The van der Waals surface area contributed by atoms with Gasteiger partial charge in [0, 0.05) is 70.5 Å². The summed E-state index contributed by atoms with van der Waals surface area (Å²) in [5.41, 5.74) is 4.87. The Balaban J connectivity index is 4.87. The van der Waals surface area contributed by atoms with Crippen LogP contribution >= 0.6 is 0 Å². The fourth-order valence-corrected chi connectivity index (χ4v) is 4.54. The Morgan fingerprint density at radius 3 is 0.710 bits per heavy atom. The molecule has 27 nitrogen and oxygen atoms in total. The number of carbonyl (C=O) groups is 13. The molecule has 27 heteroatoms. The van der Waals surface area contributed by atoms with Gasteiger partial charge in [0.2, 0.25) is 65.0 Å². The first-order chi connectivity index (χ1) is 28.6. The molecule has 0 aromatic heterocycles. The third-order valence-corrected chi connectivity index (χ3v) is 8.84. The van der Waals surface area contributed by atoms with Crippen molar-refractivity contribution in [2.45, 2.75) is 0 Å². The first-order valence-electron chi connectivity index (χ1n) is 18.5. The first-order valence-corrected chi connectivity index (χ1v) is 18.5. The SMILES string of the molecule is CN(CC(=O)O)C(=O)CN(C)C(=O)CN(C)C(=O)CN(C)C(=O)CN(C)C(=O)CN(C)C(=O)CN(C)C(=O)CN(C)C(=O)CN(C)C(=O)CN(C)C(=O)CNC(=O)CNC(N)=O. The second kappa shape index (κ2) is 26.2. The van der Waals surface area contributed by atoms with E-state index in [-0.39, 0.29) is 0 Å². The molecule has 0 saturated heterocycles. The third kappa shape index (κ3) is 20.7. The predicted molar refractivity (Wildman–Crippen MR) is 215 cm³/mol. The quantitative estimate of drug-likeness (QED) is 0.0700. The number of urea groups is 1. The summed E-state index contributed by atoms with van der Waals surface area (Å²) >= 11 is 0. The number of hydrogen-bond donors (Lipinski definition) is 4. The van der Waals surface area contributed by atoms with Crippen LogP contribution < -0.4 is 16.4 Å². The molecule has 0 aliphatic carbocycles. The molecule has 0 rings (SSSR count). The number of nitrogens with zero attached hydrogens (tertiary/aromatic N) is 10. The van der Waals surface area contributed by atoms with Gasteiger partial charge in [-0.05, 0) is 0 Å². The average Bonchev–Trinajstić information content (AvgIpc) is 3.17. The topological polar surface area (TPSA) is 325 Å². The highest BCUT2D eigenvalue weighted by Crippen LogP contribution is 2.00. The van der Waals surface area contributed by atoms with E-state index in [1.165, 1.54) is 70.5 Å². The van der Waals surface area contributed by atoms with Crippen molar-refractivity contribution in [1.82, 2.24) is 59.6 Å². The molecule has 0 spiro atoms. The van der Waals surface area contributed by atoms with Crippen LogP contribution in [0.2, 0.25) is 0 Å². The van der Waals surface area contributed by atoms with E-state index in [0.717, 1.165) is 49.0 Å². The lowest BCUT2D eigenvalue weighted by Gasteiger charge is -2.27. The molecule has 0 fully saturated rings. The van der Waals surface area contributed by atoms with Gasteiger partial charge in [-0.3, -0.25) is 57.5 Å². The lowest BCUT2D eigenvalue weighted by Crippen LogP contribution is -2.49. The predicted octanol–water partition coefficient (Wildman–Crippen LogP) is -7.56. The zero-order valence-electron chi connectivity index (χ0n) is 36.8. The van der Waals surface area contributed by atoms with E-state index in [1.807, 2.05) is 0 Å². The van der Waals surface area contributed by atoms with Gasteiger partial charge in [-0.25, -0.2) is 4.79 Å². The van der Waals surface area contributed by atoms with Crippen LogP contribution in [0, 0.1) is 0 Å². The monoisotopic (exact) mass is 885 g/mol. The molecule has 0 aromatic rings. The van der Waals surface area contributed by atoms with Gasteiger partial charge in [0.05, 0.1) is 72.0 Å². The second-order valence-electron chi connectivity index (χ2n) is 14.4. The molecule has 0 bridgehead atoms. The lowest BCUT2D eigenvalue weighted by atomic mass is 10.3. The number of carbonyl (C=O) groups excluding carboxylic acids is 12. The molecule has 0 atom stereocenters. The molecule has 0 heterocycles. The van der Waals surface area contributed by atoms with E-state index in [4.69, 9.17) is 10.8 Å². The summed E-state index contributed by atoms with van der Waals surface area (Å²) in [6.07, 6.45) is 0. The van der Waals surface area contributed by atoms with Crippen molar-refractivity contribution in [3.05, 3.63) is 0 Å². The maximum Gasteiger partial charge on any atom is 0.323 e. The zero-order valence-corrected chi connectivity index (χ0v) is 36.8. The van der Waals surface area contributed by atoms with E-state index in [0.29, 0.717) is 0 Å². The van der Waals surface area contributed by atoms with E-state index in [1.54, 1.807) is 0 Å². The number of primary amides is 1. The Kier molecular flexibility index (Phi) is 23.2. The van der Waals surface area contributed by atoms with Gasteiger partial charge in [-0.15, -0.1) is 0 Å². The fraction of sp³-hybridized carbons (Fsp3) is 0.629. The van der Waals surface area contributed by atoms with Crippen LogP contribution in [0.25, 0.3) is 0 Å². The highest BCUT2D eigenvalue weighted by atomic mass is 16.4. The second-order valence-corrected chi connectivity index (χ2v) is 14.4. The summed E-state index contributed by atoms with van der Waals surface area (Å²) in [6, 6.07) is -0.928. The number of carboxylic acid groups (broad SMARTS) is 1. The Hall–Kier alpha value is -7.09. The fourth-order valence-electron chi connectivity index (χ4n) is 4.54. The number of amides is 13. The number of hydrogen-bond acceptors (Lipinski definition) is 13. The van der Waals surface area contributed by atoms with Crippen molar-refractivity contribution in [1.29, 1.82) is 0 Å². The van der Waals surface area contributed by atoms with Gasteiger partial charge in [0.1, 0.15) is 6.54 Å². The normalized spacial score (nSPS) is 10.2. The van der Waals surface area contributed by atoms with Crippen molar-refractivity contribution < 1.29 is 67.4 Å². The minimum atomic E-state index is -1.23. The van der Waals surface area contributed by atoms with E-state index in [9.17, 15) is 62.3 Å². The highest BCUT2D eigenvalue weighted by Gasteiger charge is 2.26. The zero-order chi connectivity index (χ0) is 48.2. The van der Waals surface area contributed by atoms with Crippen LogP contribution in [0.5, 0.6) is 0 Å². The Morgan fingerprint density at radius 1 is 0.323 bits per heavy atom. The number of rotatable bonds is 24. The molecule has 5 N–H and O–H groups in total. The van der Waals surface area contributed by atoms with Crippen LogP contribution in [0.3, 0.4) is 0 Å². The summed E-state index contributed by atoms with van der Waals surface area (Å²) in [5.74, 6) is -8.34. The van der Waals surface area contributed by atoms with Gasteiger partial charge in [-0.2, -0.15) is 0 Å². The molecule has 13 amide bonds. The molecule has 0 unspecified atom stereocenters. The van der Waals surface area contributed by atoms with Crippen LogP contribution in [0.15, 0.2) is 0 Å². The van der Waals surface area contributed by atoms with Crippen LogP contribution in [0.4, 0.5) is 4.79 Å². The summed E-state index contributed by atoms with van der Waals surface area (Å²) in [6.45, 7) is -5.65. The van der Waals surface area contributed by atoms with Crippen molar-refractivity contribution in [3.63, 3.8) is 0 Å². The van der Waals surface area contributed by atoms with Crippen LogP contribution in [-0.4, -0.2) is 280 Å². The van der Waals surface area contributed by atoms with E-state index in [2.05, 4.69) is 10.6 Å². The summed E-state index contributed by atoms with van der Waals surface area (Å²) in [7, 11) is 13.0. The minimum Gasteiger partial charge on any atom is -0.480 e. The van der Waals surface area contributed by atoms with Gasteiger partial charge in [0.15, 0.2) is 0 Å². The first kappa shape index (κ1) is 54.9. The number of aliphatic carboxylic acids is 1. The Morgan fingerprint density at radius 2 is 0.516 bits per heavy atom. The van der Waals surface area contributed by atoms with Gasteiger partial charge < -0.3 is 70.5 Å². The van der Waals surface area contributed by atoms with Crippen molar-refractivity contribution in [2.24, 2.45) is 5.73 Å². The molecular weight excluding hydrogens is 826 g/mol. The van der Waals surface area contributed by atoms with Gasteiger partial charge >= 0.3 is 12.0 Å². The number of carboxylic acids is 1. The van der Waals surface area contributed by atoms with Crippen LogP contribution in [-0.2, 0) is 57.5 Å². The molecule has 0 aliphatic heterocycles. The maximum atomic E-state index is 12.9. The highest BCUT2D eigenvalue weighted by molar-refractivity contribution is 5.94. The molecule has 62 heavy (non-hydrogen) atoms. The molecule has 0 aromatic carbocycles. The number of nitrogens with two attached hydrogens (primary N) is 1. The molecule has 0 saturated carbocycles. The summed E-state index contributed by atoms with van der Waals surface area (Å²) in [5, 5.41) is 13.1. The van der Waals surface area contributed by atoms with Crippen molar-refractivity contribution >= 4 is 77.0 Å². The smallest absolute Gasteiger partial charge is 0.323 e. The Bertz CT molecular complexity index is 1730. The average molecular weight is 886 g/mol. The van der Waals surface area contributed by atoms with Crippen molar-refractivity contribution in [2.75, 3.05) is 149 Å². The van der Waals surface area contributed by atoms with Gasteiger partial charge in [-0.1, -0.05) is 0 Å². The minimum absolute atomic E-state index is 0.425. The van der Waals surface area contributed by atoms with Crippen LogP contribution in [0.1, 0.15) is 0 Å². The van der Waals surface area contributed by atoms with Crippen molar-refractivity contribution in [3.8, 4) is 0 Å². The molecular formula is C35H59N13O14. The summed E-state index contributed by atoms with van der Waals surface area (Å²) in [4.78, 5) is 170. The molecule has 0 radical (unpaired) electrons. The standard InChI is InChI=1S/C35H59N13O14/c1-39(24(50)12-37-23(49)11-38-35(36)62)13-25(51)40(2)14-26(52)41(3)15-27(53)42(4)16-28(54)43(5)17-29(55)44(6)18-30(56)45(7)19-31(57)46(8)20-32(58)47(9)21-33(59)48(10)22-34(60)61/h11-22H2,1-10H3,(H,37,49)(H,60,61)(H3,36,38,62). The van der Waals surface area contributed by atoms with E-state index >= 15 is 0 Å². The third-order valence-electron chi connectivity index (χ3n) is 8.84. The largest absolute Gasteiger partial charge is 0.480 e. The molecule has 0 aliphatic rings. The number of nitrogens with one attached hydrogen (secondary N) is 2.